The van der Waals surface area contributed by atoms with Crippen LogP contribution in [0.3, 0.4) is 0 Å². The van der Waals surface area contributed by atoms with Gasteiger partial charge in [0.25, 0.3) is 0 Å². The molecule has 0 radical (unpaired) electrons. The van der Waals surface area contributed by atoms with Crippen LogP contribution in [0.25, 0.3) is 0 Å². The first kappa shape index (κ1) is 69.9. The van der Waals surface area contributed by atoms with Crippen molar-refractivity contribution in [3.05, 3.63) is 60.8 Å². The van der Waals surface area contributed by atoms with Crippen LogP contribution >= 0.6 is 0 Å². The van der Waals surface area contributed by atoms with Crippen molar-refractivity contribution >= 4 is 5.91 Å². The number of aliphatic hydroxyl groups is 5. The average molecular weight is 1040 g/mol. The van der Waals surface area contributed by atoms with E-state index in [9.17, 15) is 30.3 Å². The summed E-state index contributed by atoms with van der Waals surface area (Å²) in [5, 5.41) is 54.6. The maximum absolute atomic E-state index is 13.1. The first-order chi connectivity index (χ1) is 36.3. The lowest BCUT2D eigenvalue weighted by Crippen LogP contribution is -2.60. The first-order valence-electron chi connectivity index (χ1n) is 31.5. The van der Waals surface area contributed by atoms with Gasteiger partial charge in [-0.25, -0.2) is 0 Å². The Morgan fingerprint density at radius 2 is 0.811 bits per heavy atom. The fraction of sp³-hybridized carbons (Fsp3) is 0.831. The van der Waals surface area contributed by atoms with Gasteiger partial charge in [-0.3, -0.25) is 4.79 Å². The van der Waals surface area contributed by atoms with E-state index in [0.29, 0.717) is 6.42 Å². The molecule has 432 valence electrons. The molecule has 0 aromatic rings. The van der Waals surface area contributed by atoms with Crippen molar-refractivity contribution < 1.29 is 39.8 Å². The quantitative estimate of drug-likeness (QED) is 0.0261. The highest BCUT2D eigenvalue weighted by Crippen LogP contribution is 2.23. The number of rotatable bonds is 54. The predicted octanol–water partition coefficient (Wildman–Crippen LogP) is 16.2. The number of amides is 1. The fourth-order valence-electron chi connectivity index (χ4n) is 9.83. The van der Waals surface area contributed by atoms with Crippen molar-refractivity contribution in [3.8, 4) is 0 Å². The van der Waals surface area contributed by atoms with Crippen molar-refractivity contribution in [2.24, 2.45) is 0 Å². The number of hydrogen-bond acceptors (Lipinski definition) is 8. The zero-order valence-electron chi connectivity index (χ0n) is 48.1. The van der Waals surface area contributed by atoms with Crippen LogP contribution in [0.5, 0.6) is 0 Å². The second-order valence-electron chi connectivity index (χ2n) is 21.8. The van der Waals surface area contributed by atoms with Crippen molar-refractivity contribution in [2.45, 2.75) is 333 Å². The highest BCUT2D eigenvalue weighted by atomic mass is 16.7. The molecule has 7 unspecified atom stereocenters. The summed E-state index contributed by atoms with van der Waals surface area (Å²) in [5.74, 6) is -0.186. The largest absolute Gasteiger partial charge is 0.394 e. The normalized spacial score (nSPS) is 19.4. The van der Waals surface area contributed by atoms with Gasteiger partial charge in [0, 0.05) is 6.42 Å². The van der Waals surface area contributed by atoms with E-state index in [4.69, 9.17) is 9.47 Å². The highest BCUT2D eigenvalue weighted by molar-refractivity contribution is 5.76. The van der Waals surface area contributed by atoms with Crippen molar-refractivity contribution in [2.75, 3.05) is 13.2 Å². The third-order valence-corrected chi connectivity index (χ3v) is 14.8. The molecule has 1 heterocycles. The molecular formula is C65H119NO8. The molecule has 0 aromatic heterocycles. The number of unbranched alkanes of at least 4 members (excludes halogenated alkanes) is 36. The molecule has 74 heavy (non-hydrogen) atoms. The lowest BCUT2D eigenvalue weighted by Gasteiger charge is -2.40. The Morgan fingerprint density at radius 1 is 0.459 bits per heavy atom. The molecule has 1 saturated heterocycles. The van der Waals surface area contributed by atoms with Gasteiger partial charge in [0.15, 0.2) is 6.29 Å². The predicted molar refractivity (Wildman–Crippen MR) is 313 cm³/mol. The molecule has 9 nitrogen and oxygen atoms in total. The number of nitrogens with one attached hydrogen (secondary N) is 1. The van der Waals surface area contributed by atoms with Gasteiger partial charge in [-0.05, 0) is 70.6 Å². The second-order valence-corrected chi connectivity index (χ2v) is 21.8. The van der Waals surface area contributed by atoms with Crippen LogP contribution in [0.1, 0.15) is 290 Å². The van der Waals surface area contributed by atoms with E-state index in [1.54, 1.807) is 6.08 Å². The minimum absolute atomic E-state index is 0.186. The molecule has 6 N–H and O–H groups in total. The summed E-state index contributed by atoms with van der Waals surface area (Å²) in [6.07, 6.45) is 67.3. The zero-order valence-corrected chi connectivity index (χ0v) is 48.1. The molecule has 9 heteroatoms. The second kappa shape index (κ2) is 54.3. The minimum Gasteiger partial charge on any atom is -0.394 e. The molecule has 1 aliphatic rings. The summed E-state index contributed by atoms with van der Waals surface area (Å²) in [4.78, 5) is 13.1. The van der Waals surface area contributed by atoms with Crippen LogP contribution in [0.15, 0.2) is 60.8 Å². The molecular weight excluding hydrogens is 923 g/mol. The Labute approximate surface area is 456 Å². The molecule has 0 bridgehead atoms. The molecule has 1 rings (SSSR count). The van der Waals surface area contributed by atoms with Gasteiger partial charge in [0.1, 0.15) is 24.4 Å². The Balaban J connectivity index is 2.20. The monoisotopic (exact) mass is 1040 g/mol. The number of carbonyl (C=O) groups is 1. The van der Waals surface area contributed by atoms with Crippen LogP contribution < -0.4 is 5.32 Å². The zero-order chi connectivity index (χ0) is 53.6. The Kier molecular flexibility index (Phi) is 51.3. The lowest BCUT2D eigenvalue weighted by atomic mass is 9.99. The van der Waals surface area contributed by atoms with E-state index in [2.05, 4.69) is 67.8 Å². The molecule has 1 aliphatic heterocycles. The standard InChI is InChI=1S/C65H119NO8/c1-3-5-7-9-11-13-15-17-19-21-23-25-27-28-29-30-31-32-33-35-37-39-41-43-45-47-49-51-53-55-61(69)66-58(57-73-65-64(72)63(71)62(70)60(56-67)74-65)59(68)54-52-50-48-46-44-42-40-38-36-34-26-24-22-20-18-16-14-12-10-8-6-4-2/h15,17,21,23,27-28,44,46,52,54,58-60,62-65,67-68,70-72H,3-14,16,18-20,22,24-26,29-43,45,47-51,53,55-57H2,1-2H3,(H,66,69)/b17-15-,23-21-,28-27-,46-44+,54-52+. The summed E-state index contributed by atoms with van der Waals surface area (Å²) in [6, 6.07) is -0.825. The Bertz CT molecular complexity index is 1350. The number of ether oxygens (including phenoxy) is 2. The SMILES string of the molecule is CCCCCCC/C=C\C/C=C\C/C=C\CCCCCCCCCCCCCCCCC(=O)NC(COC1OC(CO)C(O)C(O)C1O)C(O)/C=C/CC/C=C/CCCCCCCCCCCCCCCCCC. The summed E-state index contributed by atoms with van der Waals surface area (Å²) in [6.45, 7) is 3.78. The third kappa shape index (κ3) is 42.9. The van der Waals surface area contributed by atoms with Gasteiger partial charge in [0.2, 0.25) is 5.91 Å². The summed E-state index contributed by atoms with van der Waals surface area (Å²) in [5.41, 5.74) is 0. The number of hydrogen-bond donors (Lipinski definition) is 6. The van der Waals surface area contributed by atoms with Gasteiger partial charge >= 0.3 is 0 Å². The summed E-state index contributed by atoms with van der Waals surface area (Å²) >= 11 is 0. The lowest BCUT2D eigenvalue weighted by molar-refractivity contribution is -0.302. The van der Waals surface area contributed by atoms with Crippen LogP contribution in [-0.2, 0) is 14.3 Å². The Hall–Kier alpha value is -2.11. The highest BCUT2D eigenvalue weighted by Gasteiger charge is 2.44. The third-order valence-electron chi connectivity index (χ3n) is 14.8. The van der Waals surface area contributed by atoms with Crippen molar-refractivity contribution in [3.63, 3.8) is 0 Å². The summed E-state index contributed by atoms with van der Waals surface area (Å²) < 4.78 is 11.3. The van der Waals surface area contributed by atoms with Crippen LogP contribution in [0.2, 0.25) is 0 Å². The van der Waals surface area contributed by atoms with E-state index in [-0.39, 0.29) is 12.5 Å². The maximum Gasteiger partial charge on any atom is 0.220 e. The number of aliphatic hydroxyl groups excluding tert-OH is 5. The van der Waals surface area contributed by atoms with Crippen LogP contribution in [0, 0.1) is 0 Å². The van der Waals surface area contributed by atoms with E-state index < -0.39 is 49.5 Å². The minimum atomic E-state index is -1.57. The van der Waals surface area contributed by atoms with E-state index in [1.165, 1.54) is 218 Å². The van der Waals surface area contributed by atoms with Gasteiger partial charge in [-0.1, -0.05) is 274 Å². The number of carbonyl (C=O) groups excluding carboxylic acids is 1. The molecule has 0 saturated carbocycles. The first-order valence-corrected chi connectivity index (χ1v) is 31.5. The topological polar surface area (TPSA) is 149 Å². The van der Waals surface area contributed by atoms with Gasteiger partial charge in [-0.15, -0.1) is 0 Å². The van der Waals surface area contributed by atoms with Crippen molar-refractivity contribution in [1.82, 2.24) is 5.32 Å². The van der Waals surface area contributed by atoms with Crippen molar-refractivity contribution in [1.29, 1.82) is 0 Å². The molecule has 0 aliphatic carbocycles. The smallest absolute Gasteiger partial charge is 0.220 e. The van der Waals surface area contributed by atoms with E-state index in [1.807, 2.05) is 6.08 Å². The molecule has 1 amide bonds. The molecule has 0 aromatic carbocycles. The fourth-order valence-corrected chi connectivity index (χ4v) is 9.83. The Morgan fingerprint density at radius 3 is 1.23 bits per heavy atom. The molecule has 0 spiro atoms. The van der Waals surface area contributed by atoms with E-state index >= 15 is 0 Å². The van der Waals surface area contributed by atoms with E-state index in [0.717, 1.165) is 51.4 Å². The molecule has 1 fully saturated rings. The average Bonchev–Trinajstić information content (AvgIpc) is 3.40. The van der Waals surface area contributed by atoms with Crippen LogP contribution in [0.4, 0.5) is 0 Å². The van der Waals surface area contributed by atoms with Crippen LogP contribution in [-0.4, -0.2) is 87.5 Å². The number of allylic oxidation sites excluding steroid dienone is 9. The molecule has 7 atom stereocenters. The van der Waals surface area contributed by atoms with Gasteiger partial charge < -0.3 is 40.3 Å². The maximum atomic E-state index is 13.1. The van der Waals surface area contributed by atoms with Gasteiger partial charge in [-0.2, -0.15) is 0 Å². The summed E-state index contributed by atoms with van der Waals surface area (Å²) in [7, 11) is 0. The van der Waals surface area contributed by atoms with Gasteiger partial charge in [0.05, 0.1) is 25.4 Å².